The number of nitrogens with two attached hydrogens (primary N) is 1. The molecule has 0 radical (unpaired) electrons. The van der Waals surface area contributed by atoms with Gasteiger partial charge in [-0.2, -0.15) is 0 Å². The van der Waals surface area contributed by atoms with Crippen LogP contribution in [0.5, 0.6) is 0 Å². The summed E-state index contributed by atoms with van der Waals surface area (Å²) >= 11 is 0. The van der Waals surface area contributed by atoms with Crippen molar-refractivity contribution in [1.29, 1.82) is 0 Å². The standard InChI is InChI=1S/C15H22N2O2/c1-3-19-14(18)15(9-5-4-6-10-15)13-8-7-12(16)11(2)17-13/h7-8H,3-6,9-10,16H2,1-2H3. The van der Waals surface area contributed by atoms with Crippen molar-refractivity contribution in [2.75, 3.05) is 12.3 Å². The fourth-order valence-corrected chi connectivity index (χ4v) is 2.83. The summed E-state index contributed by atoms with van der Waals surface area (Å²) in [5.74, 6) is -0.133. The Kier molecular flexibility index (Phi) is 4.08. The highest BCUT2D eigenvalue weighted by Crippen LogP contribution is 2.40. The third-order valence-electron chi connectivity index (χ3n) is 3.99. The second kappa shape index (κ2) is 5.59. The number of hydrogen-bond acceptors (Lipinski definition) is 4. The molecule has 0 spiro atoms. The Hall–Kier alpha value is -1.58. The average molecular weight is 262 g/mol. The Morgan fingerprint density at radius 1 is 1.37 bits per heavy atom. The molecule has 0 aliphatic heterocycles. The summed E-state index contributed by atoms with van der Waals surface area (Å²) in [6, 6.07) is 3.72. The van der Waals surface area contributed by atoms with Crippen molar-refractivity contribution in [3.8, 4) is 0 Å². The smallest absolute Gasteiger partial charge is 0.318 e. The van der Waals surface area contributed by atoms with Gasteiger partial charge in [0.2, 0.25) is 0 Å². The van der Waals surface area contributed by atoms with Crippen molar-refractivity contribution < 1.29 is 9.53 Å². The number of nitrogens with zero attached hydrogens (tertiary/aromatic N) is 1. The summed E-state index contributed by atoms with van der Waals surface area (Å²) in [4.78, 5) is 17.0. The molecule has 1 aromatic heterocycles. The molecule has 1 saturated carbocycles. The zero-order valence-electron chi connectivity index (χ0n) is 11.7. The summed E-state index contributed by atoms with van der Waals surface area (Å²) < 4.78 is 5.30. The van der Waals surface area contributed by atoms with E-state index in [1.165, 1.54) is 6.42 Å². The van der Waals surface area contributed by atoms with E-state index in [0.29, 0.717) is 12.3 Å². The highest BCUT2D eigenvalue weighted by Gasteiger charge is 2.43. The van der Waals surface area contributed by atoms with E-state index in [1.807, 2.05) is 26.0 Å². The summed E-state index contributed by atoms with van der Waals surface area (Å²) in [7, 11) is 0. The maximum Gasteiger partial charge on any atom is 0.318 e. The normalized spacial score (nSPS) is 18.0. The first-order valence-electron chi connectivity index (χ1n) is 7.01. The Bertz CT molecular complexity index is 465. The van der Waals surface area contributed by atoms with Crippen molar-refractivity contribution in [3.63, 3.8) is 0 Å². The average Bonchev–Trinajstić information content (AvgIpc) is 2.43. The lowest BCUT2D eigenvalue weighted by Crippen LogP contribution is -2.40. The molecule has 0 aromatic carbocycles. The number of esters is 1. The van der Waals surface area contributed by atoms with E-state index in [1.54, 1.807) is 0 Å². The SMILES string of the molecule is CCOC(=O)C1(c2ccc(N)c(C)n2)CCCCC1. The van der Waals surface area contributed by atoms with E-state index in [0.717, 1.165) is 37.1 Å². The Labute approximate surface area is 114 Å². The van der Waals surface area contributed by atoms with Crippen LogP contribution in [0.4, 0.5) is 5.69 Å². The predicted molar refractivity (Wildman–Crippen MR) is 74.8 cm³/mol. The van der Waals surface area contributed by atoms with Gasteiger partial charge in [0.05, 0.1) is 23.7 Å². The van der Waals surface area contributed by atoms with E-state index >= 15 is 0 Å². The number of aromatic nitrogens is 1. The van der Waals surface area contributed by atoms with Gasteiger partial charge in [-0.25, -0.2) is 0 Å². The summed E-state index contributed by atoms with van der Waals surface area (Å²) in [6.45, 7) is 4.13. The molecule has 1 fully saturated rings. The second-order valence-electron chi connectivity index (χ2n) is 5.23. The molecule has 0 atom stereocenters. The topological polar surface area (TPSA) is 65.2 Å². The molecule has 1 heterocycles. The molecular formula is C15H22N2O2. The van der Waals surface area contributed by atoms with Crippen LogP contribution in [0, 0.1) is 6.92 Å². The fraction of sp³-hybridized carbons (Fsp3) is 0.600. The maximum atomic E-state index is 12.4. The molecule has 4 heteroatoms. The van der Waals surface area contributed by atoms with E-state index in [-0.39, 0.29) is 5.97 Å². The van der Waals surface area contributed by atoms with Gasteiger partial charge in [-0.05, 0) is 38.8 Å². The minimum atomic E-state index is -0.563. The zero-order valence-corrected chi connectivity index (χ0v) is 11.7. The van der Waals surface area contributed by atoms with Gasteiger partial charge in [0, 0.05) is 0 Å². The monoisotopic (exact) mass is 262 g/mol. The van der Waals surface area contributed by atoms with Gasteiger partial charge in [0.25, 0.3) is 0 Å². The summed E-state index contributed by atoms with van der Waals surface area (Å²) in [5.41, 5.74) is 7.52. The number of carbonyl (C=O) groups is 1. The van der Waals surface area contributed by atoms with Crippen LogP contribution < -0.4 is 5.73 Å². The lowest BCUT2D eigenvalue weighted by Gasteiger charge is -2.34. The summed E-state index contributed by atoms with van der Waals surface area (Å²) in [6.07, 6.45) is 4.91. The molecule has 1 aromatic rings. The first-order valence-corrected chi connectivity index (χ1v) is 7.01. The molecule has 2 N–H and O–H groups in total. The first-order chi connectivity index (χ1) is 9.10. The van der Waals surface area contributed by atoms with Crippen LogP contribution in [0.1, 0.15) is 50.4 Å². The molecule has 1 aliphatic carbocycles. The lowest BCUT2D eigenvalue weighted by molar-refractivity contribution is -0.151. The third-order valence-corrected chi connectivity index (χ3v) is 3.99. The van der Waals surface area contributed by atoms with Crippen LogP contribution in [0.25, 0.3) is 0 Å². The van der Waals surface area contributed by atoms with Crippen LogP contribution >= 0.6 is 0 Å². The van der Waals surface area contributed by atoms with Gasteiger partial charge in [0.15, 0.2) is 0 Å². The Morgan fingerprint density at radius 3 is 2.63 bits per heavy atom. The minimum Gasteiger partial charge on any atom is -0.465 e. The highest BCUT2D eigenvalue weighted by molar-refractivity contribution is 5.83. The fourth-order valence-electron chi connectivity index (χ4n) is 2.83. The van der Waals surface area contributed by atoms with Crippen molar-refractivity contribution in [3.05, 3.63) is 23.5 Å². The molecule has 1 aliphatic rings. The van der Waals surface area contributed by atoms with Crippen LogP contribution in [-0.4, -0.2) is 17.6 Å². The van der Waals surface area contributed by atoms with E-state index in [2.05, 4.69) is 4.98 Å². The third kappa shape index (κ3) is 2.57. The summed E-state index contributed by atoms with van der Waals surface area (Å²) in [5, 5.41) is 0. The van der Waals surface area contributed by atoms with Gasteiger partial charge in [-0.3, -0.25) is 9.78 Å². The molecule has 0 unspecified atom stereocenters. The number of ether oxygens (including phenoxy) is 1. The van der Waals surface area contributed by atoms with Crippen molar-refractivity contribution in [1.82, 2.24) is 4.98 Å². The quantitative estimate of drug-likeness (QED) is 0.851. The molecule has 104 valence electrons. The number of nitrogen functional groups attached to an aromatic ring is 1. The number of hydrogen-bond donors (Lipinski definition) is 1. The highest BCUT2D eigenvalue weighted by atomic mass is 16.5. The maximum absolute atomic E-state index is 12.4. The first kappa shape index (κ1) is 13.8. The van der Waals surface area contributed by atoms with E-state index < -0.39 is 5.41 Å². The van der Waals surface area contributed by atoms with Crippen molar-refractivity contribution in [2.45, 2.75) is 51.4 Å². The molecule has 2 rings (SSSR count). The predicted octanol–water partition coefficient (Wildman–Crippen LogP) is 2.74. The molecule has 0 saturated heterocycles. The van der Waals surface area contributed by atoms with Crippen LogP contribution in [0.2, 0.25) is 0 Å². The number of pyridine rings is 1. The minimum absolute atomic E-state index is 0.133. The van der Waals surface area contributed by atoms with Crippen molar-refractivity contribution >= 4 is 11.7 Å². The molecular weight excluding hydrogens is 240 g/mol. The molecule has 0 amide bonds. The Morgan fingerprint density at radius 2 is 2.05 bits per heavy atom. The van der Waals surface area contributed by atoms with Gasteiger partial charge in [-0.1, -0.05) is 19.3 Å². The van der Waals surface area contributed by atoms with Crippen LogP contribution in [-0.2, 0) is 14.9 Å². The molecule has 19 heavy (non-hydrogen) atoms. The second-order valence-corrected chi connectivity index (χ2v) is 5.23. The Balaban J connectivity index is 2.41. The van der Waals surface area contributed by atoms with Gasteiger partial charge >= 0.3 is 5.97 Å². The largest absolute Gasteiger partial charge is 0.465 e. The number of rotatable bonds is 3. The van der Waals surface area contributed by atoms with Gasteiger partial charge in [0.1, 0.15) is 5.41 Å². The van der Waals surface area contributed by atoms with E-state index in [4.69, 9.17) is 10.5 Å². The van der Waals surface area contributed by atoms with Gasteiger partial charge < -0.3 is 10.5 Å². The van der Waals surface area contributed by atoms with Crippen LogP contribution in [0.15, 0.2) is 12.1 Å². The van der Waals surface area contributed by atoms with Gasteiger partial charge in [-0.15, -0.1) is 0 Å². The molecule has 0 bridgehead atoms. The molecule has 4 nitrogen and oxygen atoms in total. The number of aryl methyl sites for hydroxylation is 1. The lowest BCUT2D eigenvalue weighted by atomic mass is 9.71. The van der Waals surface area contributed by atoms with E-state index in [9.17, 15) is 4.79 Å². The number of anilines is 1. The van der Waals surface area contributed by atoms with Crippen molar-refractivity contribution in [2.24, 2.45) is 0 Å². The zero-order chi connectivity index (χ0) is 13.9. The van der Waals surface area contributed by atoms with Crippen LogP contribution in [0.3, 0.4) is 0 Å². The number of carbonyl (C=O) groups excluding carboxylic acids is 1.